The molecule has 1 aliphatic rings. The Balaban J connectivity index is 1.53. The summed E-state index contributed by atoms with van der Waals surface area (Å²) in [4.78, 5) is 29.2. The highest BCUT2D eigenvalue weighted by atomic mass is 32.2. The molecule has 168 valence electrons. The lowest BCUT2D eigenvalue weighted by molar-refractivity contribution is -0.115. The van der Waals surface area contributed by atoms with E-state index in [-0.39, 0.29) is 5.91 Å². The molecule has 0 spiro atoms. The first-order valence-corrected chi connectivity index (χ1v) is 11.1. The number of esters is 1. The molecule has 33 heavy (non-hydrogen) atoms. The number of furan rings is 1. The zero-order valence-electron chi connectivity index (χ0n) is 18.4. The van der Waals surface area contributed by atoms with Crippen molar-refractivity contribution in [1.29, 1.82) is 0 Å². The summed E-state index contributed by atoms with van der Waals surface area (Å²) in [5, 5.41) is 3.26. The Morgan fingerprint density at radius 2 is 1.94 bits per heavy atom. The van der Waals surface area contributed by atoms with Crippen molar-refractivity contribution in [2.75, 3.05) is 13.7 Å². The first kappa shape index (κ1) is 22.4. The zero-order chi connectivity index (χ0) is 23.4. The molecule has 0 atom stereocenters. The van der Waals surface area contributed by atoms with Crippen LogP contribution in [0.2, 0.25) is 0 Å². The van der Waals surface area contributed by atoms with Gasteiger partial charge in [-0.3, -0.25) is 4.79 Å². The van der Waals surface area contributed by atoms with Gasteiger partial charge in [-0.05, 0) is 79.7 Å². The SMILES string of the molecule is CCOc1ccc(N=C2NC(=O)/C(=C\c3ccc(-c4cc(C(=O)OC)ccc4C)o3)S2)cc1. The largest absolute Gasteiger partial charge is 0.494 e. The second kappa shape index (κ2) is 9.79. The Bertz CT molecular complexity index is 1260. The van der Waals surface area contributed by atoms with Crippen LogP contribution in [0.15, 0.2) is 68.9 Å². The number of aryl methyl sites for hydroxylation is 1. The van der Waals surface area contributed by atoms with Crippen molar-refractivity contribution in [3.8, 4) is 17.1 Å². The van der Waals surface area contributed by atoms with Gasteiger partial charge in [0.05, 0.1) is 29.9 Å². The predicted octanol–water partition coefficient (Wildman–Crippen LogP) is 5.33. The van der Waals surface area contributed by atoms with Gasteiger partial charge in [-0.1, -0.05) is 6.07 Å². The highest BCUT2D eigenvalue weighted by Crippen LogP contribution is 2.31. The summed E-state index contributed by atoms with van der Waals surface area (Å²) < 4.78 is 16.2. The van der Waals surface area contributed by atoms with Crippen molar-refractivity contribution in [2.24, 2.45) is 4.99 Å². The fourth-order valence-electron chi connectivity index (χ4n) is 3.22. The van der Waals surface area contributed by atoms with Crippen LogP contribution in [-0.4, -0.2) is 30.8 Å². The van der Waals surface area contributed by atoms with Crippen LogP contribution in [0.3, 0.4) is 0 Å². The van der Waals surface area contributed by atoms with Gasteiger partial charge in [-0.15, -0.1) is 0 Å². The Kier molecular flexibility index (Phi) is 6.65. The third-order valence-electron chi connectivity index (χ3n) is 4.85. The van der Waals surface area contributed by atoms with Gasteiger partial charge in [0.15, 0.2) is 5.17 Å². The first-order valence-electron chi connectivity index (χ1n) is 10.3. The third-order valence-corrected chi connectivity index (χ3v) is 5.76. The van der Waals surface area contributed by atoms with Crippen molar-refractivity contribution >= 4 is 40.6 Å². The van der Waals surface area contributed by atoms with E-state index in [9.17, 15) is 9.59 Å². The van der Waals surface area contributed by atoms with E-state index in [0.29, 0.717) is 39.5 Å². The van der Waals surface area contributed by atoms with E-state index in [1.54, 1.807) is 24.3 Å². The molecule has 1 aromatic heterocycles. The van der Waals surface area contributed by atoms with Crippen molar-refractivity contribution in [2.45, 2.75) is 13.8 Å². The molecule has 1 saturated heterocycles. The number of rotatable bonds is 6. The Morgan fingerprint density at radius 3 is 2.67 bits per heavy atom. The van der Waals surface area contributed by atoms with Gasteiger partial charge in [0, 0.05) is 11.6 Å². The smallest absolute Gasteiger partial charge is 0.337 e. The summed E-state index contributed by atoms with van der Waals surface area (Å²) in [6.45, 7) is 4.45. The van der Waals surface area contributed by atoms with Gasteiger partial charge >= 0.3 is 5.97 Å². The summed E-state index contributed by atoms with van der Waals surface area (Å²) in [6.07, 6.45) is 1.67. The minimum atomic E-state index is -0.413. The Morgan fingerprint density at radius 1 is 1.15 bits per heavy atom. The summed E-state index contributed by atoms with van der Waals surface area (Å²) in [5.41, 5.74) is 2.89. The molecule has 7 nitrogen and oxygen atoms in total. The van der Waals surface area contributed by atoms with Crippen molar-refractivity contribution in [3.63, 3.8) is 0 Å². The van der Waals surface area contributed by atoms with E-state index in [1.165, 1.54) is 18.9 Å². The van der Waals surface area contributed by atoms with Crippen LogP contribution < -0.4 is 10.1 Å². The highest BCUT2D eigenvalue weighted by Gasteiger charge is 2.24. The number of hydrogen-bond donors (Lipinski definition) is 1. The van der Waals surface area contributed by atoms with Crippen molar-refractivity contribution < 1.29 is 23.5 Å². The van der Waals surface area contributed by atoms with E-state index in [1.807, 2.05) is 50.2 Å². The molecular weight excluding hydrogens is 440 g/mol. The number of aliphatic imine (C=N–C) groups is 1. The van der Waals surface area contributed by atoms with Crippen LogP contribution in [0.25, 0.3) is 17.4 Å². The topological polar surface area (TPSA) is 90.1 Å². The first-order chi connectivity index (χ1) is 16.0. The number of thioether (sulfide) groups is 1. The zero-order valence-corrected chi connectivity index (χ0v) is 19.2. The number of carbonyl (C=O) groups is 2. The fraction of sp³-hybridized carbons (Fsp3) is 0.160. The number of nitrogens with one attached hydrogen (secondary N) is 1. The van der Waals surface area contributed by atoms with Crippen molar-refractivity contribution in [1.82, 2.24) is 5.32 Å². The lowest BCUT2D eigenvalue weighted by Gasteiger charge is -2.05. The quantitative estimate of drug-likeness (QED) is 0.393. The van der Waals surface area contributed by atoms with Crippen molar-refractivity contribution in [3.05, 3.63) is 76.4 Å². The average Bonchev–Trinajstić information content (AvgIpc) is 3.41. The Hall–Kier alpha value is -3.78. The number of carbonyl (C=O) groups excluding carboxylic acids is 2. The number of methoxy groups -OCH3 is 1. The number of nitrogens with zero attached hydrogens (tertiary/aromatic N) is 1. The third kappa shape index (κ3) is 5.18. The van der Waals surface area contributed by atoms with Crippen LogP contribution in [0, 0.1) is 6.92 Å². The number of hydrogen-bond acceptors (Lipinski definition) is 7. The number of amides is 1. The average molecular weight is 463 g/mol. The van der Waals surface area contributed by atoms with Crippen LogP contribution in [0.5, 0.6) is 5.75 Å². The number of amidine groups is 1. The van der Waals surface area contributed by atoms with E-state index in [2.05, 4.69) is 10.3 Å². The minimum Gasteiger partial charge on any atom is -0.494 e. The molecule has 0 saturated carbocycles. The Labute approximate surface area is 195 Å². The van der Waals surface area contributed by atoms with E-state index >= 15 is 0 Å². The van der Waals surface area contributed by atoms with Gasteiger partial charge in [0.2, 0.25) is 0 Å². The lowest BCUT2D eigenvalue weighted by atomic mass is 10.0. The summed E-state index contributed by atoms with van der Waals surface area (Å²) in [5.74, 6) is 1.23. The molecule has 0 bridgehead atoms. The maximum absolute atomic E-state index is 12.4. The molecule has 1 N–H and O–H groups in total. The van der Waals surface area contributed by atoms with Gasteiger partial charge in [0.25, 0.3) is 5.91 Å². The molecule has 0 radical (unpaired) electrons. The highest BCUT2D eigenvalue weighted by molar-refractivity contribution is 8.18. The van der Waals surface area contributed by atoms with E-state index < -0.39 is 5.97 Å². The van der Waals surface area contributed by atoms with Crippen LogP contribution in [0.4, 0.5) is 5.69 Å². The molecule has 4 rings (SSSR count). The van der Waals surface area contributed by atoms with E-state index in [0.717, 1.165) is 16.9 Å². The maximum Gasteiger partial charge on any atom is 0.337 e. The summed E-state index contributed by atoms with van der Waals surface area (Å²) >= 11 is 1.24. The van der Waals surface area contributed by atoms with Gasteiger partial charge in [0.1, 0.15) is 17.3 Å². The summed E-state index contributed by atoms with van der Waals surface area (Å²) in [6, 6.07) is 16.2. The second-order valence-corrected chi connectivity index (χ2v) is 8.16. The normalized spacial score (nSPS) is 15.7. The van der Waals surface area contributed by atoms with Crippen LogP contribution in [0.1, 0.15) is 28.6 Å². The monoisotopic (exact) mass is 462 g/mol. The summed E-state index contributed by atoms with van der Waals surface area (Å²) in [7, 11) is 1.34. The van der Waals surface area contributed by atoms with E-state index in [4.69, 9.17) is 13.9 Å². The molecule has 1 fully saturated rings. The standard InChI is InChI=1S/C25H22N2O5S/c1-4-31-18-9-7-17(8-10-18)26-25-27-23(28)22(33-25)14-19-11-12-21(32-19)20-13-16(24(29)30-3)6-5-15(20)2/h5-14H,4H2,1-3H3,(H,26,27,28)/b22-14+. The second-order valence-electron chi connectivity index (χ2n) is 7.13. The van der Waals surface area contributed by atoms with Gasteiger partial charge in [-0.2, -0.15) is 0 Å². The molecule has 0 aliphatic carbocycles. The van der Waals surface area contributed by atoms with Crippen LogP contribution in [-0.2, 0) is 9.53 Å². The molecule has 0 unspecified atom stereocenters. The molecule has 2 heterocycles. The molecule has 8 heteroatoms. The fourth-order valence-corrected chi connectivity index (χ4v) is 4.04. The molecule has 1 aliphatic heterocycles. The molecule has 2 aromatic carbocycles. The number of ether oxygens (including phenoxy) is 2. The maximum atomic E-state index is 12.4. The minimum absolute atomic E-state index is 0.244. The predicted molar refractivity (Wildman–Crippen MR) is 129 cm³/mol. The molecular formula is C25H22N2O5S. The van der Waals surface area contributed by atoms with Gasteiger partial charge < -0.3 is 19.2 Å². The molecule has 3 aromatic rings. The molecule has 1 amide bonds. The van der Waals surface area contributed by atoms with Crippen LogP contribution >= 0.6 is 11.8 Å². The van der Waals surface area contributed by atoms with Gasteiger partial charge in [-0.25, -0.2) is 9.79 Å². The lowest BCUT2D eigenvalue weighted by Crippen LogP contribution is -2.19. The number of benzene rings is 2.